The summed E-state index contributed by atoms with van der Waals surface area (Å²) in [6, 6.07) is 5.77. The molecular weight excluding hydrogens is 261 g/mol. The zero-order valence-electron chi connectivity index (χ0n) is 11.1. The lowest BCUT2D eigenvalue weighted by Crippen LogP contribution is -2.28. The number of ether oxygens (including phenoxy) is 1. The van der Waals surface area contributed by atoms with Crippen LogP contribution < -0.4 is 5.32 Å². The Morgan fingerprint density at radius 3 is 2.60 bits per heavy atom. The van der Waals surface area contributed by atoms with Crippen LogP contribution >= 0.6 is 0 Å². The van der Waals surface area contributed by atoms with Crippen molar-refractivity contribution in [1.29, 1.82) is 0 Å². The number of hydrogen-bond acceptors (Lipinski definition) is 3. The molecule has 0 atom stereocenters. The fraction of sp³-hybridized carbons (Fsp3) is 0.200. The van der Waals surface area contributed by atoms with Gasteiger partial charge in [0.25, 0.3) is 5.91 Å². The molecule has 0 radical (unpaired) electrons. The summed E-state index contributed by atoms with van der Waals surface area (Å²) in [6.45, 7) is 1.73. The topological polar surface area (TPSA) is 55.4 Å². The average molecular weight is 277 g/mol. The van der Waals surface area contributed by atoms with Crippen LogP contribution in [0.3, 0.4) is 0 Å². The van der Waals surface area contributed by atoms with Gasteiger partial charge in [-0.15, -0.1) is 0 Å². The molecule has 0 heterocycles. The molecule has 5 heteroatoms. The third-order valence-electron chi connectivity index (χ3n) is 2.28. The van der Waals surface area contributed by atoms with Gasteiger partial charge < -0.3 is 10.1 Å². The molecule has 1 rings (SSSR count). The van der Waals surface area contributed by atoms with Gasteiger partial charge in [0.05, 0.1) is 0 Å². The molecule has 1 amide bonds. The van der Waals surface area contributed by atoms with E-state index in [4.69, 9.17) is 4.74 Å². The first-order valence-corrected chi connectivity index (χ1v) is 6.09. The lowest BCUT2D eigenvalue weighted by atomic mass is 10.2. The Labute approximate surface area is 116 Å². The molecular formula is C15H16FNO3. The van der Waals surface area contributed by atoms with Crippen LogP contribution in [0.2, 0.25) is 0 Å². The minimum absolute atomic E-state index is 0.255. The first-order chi connectivity index (χ1) is 9.61. The van der Waals surface area contributed by atoms with Crippen molar-refractivity contribution in [2.45, 2.75) is 13.5 Å². The summed E-state index contributed by atoms with van der Waals surface area (Å²) in [4.78, 5) is 22.6. The van der Waals surface area contributed by atoms with Gasteiger partial charge in [0.1, 0.15) is 5.82 Å². The van der Waals surface area contributed by atoms with Crippen LogP contribution in [0, 0.1) is 5.82 Å². The number of allylic oxidation sites excluding steroid dienone is 3. The molecule has 106 valence electrons. The van der Waals surface area contributed by atoms with E-state index in [2.05, 4.69) is 5.32 Å². The van der Waals surface area contributed by atoms with Crippen molar-refractivity contribution in [3.05, 3.63) is 60.0 Å². The van der Waals surface area contributed by atoms with E-state index < -0.39 is 11.9 Å². The standard InChI is InChI=1S/C15H16FNO3/c1-2-3-4-5-15(19)20-11-14(18)17-10-12-6-8-13(16)9-7-12/h2-9H,10-11H2,1H3,(H,17,18). The molecule has 0 fully saturated rings. The lowest BCUT2D eigenvalue weighted by Gasteiger charge is -2.05. The lowest BCUT2D eigenvalue weighted by molar-refractivity contribution is -0.143. The van der Waals surface area contributed by atoms with Crippen molar-refractivity contribution in [2.75, 3.05) is 6.61 Å². The number of benzene rings is 1. The van der Waals surface area contributed by atoms with Crippen molar-refractivity contribution in [1.82, 2.24) is 5.32 Å². The SMILES string of the molecule is CC=CC=CC(=O)OCC(=O)NCc1ccc(F)cc1. The Morgan fingerprint density at radius 2 is 1.95 bits per heavy atom. The molecule has 0 saturated carbocycles. The molecule has 0 saturated heterocycles. The smallest absolute Gasteiger partial charge is 0.331 e. The van der Waals surface area contributed by atoms with Crippen molar-refractivity contribution < 1.29 is 18.7 Å². The Hall–Kier alpha value is -2.43. The largest absolute Gasteiger partial charge is 0.452 e. The second-order valence-electron chi connectivity index (χ2n) is 3.90. The first kappa shape index (κ1) is 15.6. The number of halogens is 1. The van der Waals surface area contributed by atoms with Crippen LogP contribution in [0.15, 0.2) is 48.6 Å². The van der Waals surface area contributed by atoms with Gasteiger partial charge in [0.15, 0.2) is 6.61 Å². The monoisotopic (exact) mass is 277 g/mol. The maximum Gasteiger partial charge on any atom is 0.331 e. The van der Waals surface area contributed by atoms with E-state index >= 15 is 0 Å². The Balaban J connectivity index is 2.26. The Bertz CT molecular complexity index is 506. The van der Waals surface area contributed by atoms with E-state index in [-0.39, 0.29) is 19.0 Å². The second-order valence-corrected chi connectivity index (χ2v) is 3.90. The molecule has 1 aromatic rings. The third kappa shape index (κ3) is 6.49. The van der Waals surface area contributed by atoms with E-state index in [0.29, 0.717) is 0 Å². The zero-order valence-corrected chi connectivity index (χ0v) is 11.1. The van der Waals surface area contributed by atoms with Gasteiger partial charge in [-0.05, 0) is 24.6 Å². The summed E-state index contributed by atoms with van der Waals surface area (Å²) in [6.07, 6.45) is 6.20. The summed E-state index contributed by atoms with van der Waals surface area (Å²) < 4.78 is 17.4. The number of hydrogen-bond donors (Lipinski definition) is 1. The van der Waals surface area contributed by atoms with Crippen molar-refractivity contribution in [3.63, 3.8) is 0 Å². The molecule has 0 aliphatic rings. The van der Waals surface area contributed by atoms with Gasteiger partial charge in [-0.3, -0.25) is 4.79 Å². The summed E-state index contributed by atoms with van der Waals surface area (Å²) in [7, 11) is 0. The summed E-state index contributed by atoms with van der Waals surface area (Å²) >= 11 is 0. The fourth-order valence-electron chi connectivity index (χ4n) is 1.28. The van der Waals surface area contributed by atoms with Crippen LogP contribution in [0.1, 0.15) is 12.5 Å². The van der Waals surface area contributed by atoms with Gasteiger partial charge in [0.2, 0.25) is 0 Å². The van der Waals surface area contributed by atoms with Gasteiger partial charge in [0, 0.05) is 12.6 Å². The first-order valence-electron chi connectivity index (χ1n) is 6.09. The quantitative estimate of drug-likeness (QED) is 0.492. The highest BCUT2D eigenvalue weighted by Crippen LogP contribution is 2.01. The van der Waals surface area contributed by atoms with Crippen molar-refractivity contribution in [2.24, 2.45) is 0 Å². The maximum absolute atomic E-state index is 12.7. The minimum atomic E-state index is -0.583. The van der Waals surface area contributed by atoms with Crippen molar-refractivity contribution >= 4 is 11.9 Å². The predicted octanol–water partition coefficient (Wildman–Crippen LogP) is 2.12. The minimum Gasteiger partial charge on any atom is -0.452 e. The summed E-state index contributed by atoms with van der Waals surface area (Å²) in [5.41, 5.74) is 0.763. The molecule has 1 aromatic carbocycles. The number of rotatable bonds is 6. The van der Waals surface area contributed by atoms with Crippen LogP contribution in [0.5, 0.6) is 0 Å². The molecule has 4 nitrogen and oxygen atoms in total. The highest BCUT2D eigenvalue weighted by atomic mass is 19.1. The van der Waals surface area contributed by atoms with E-state index in [0.717, 1.165) is 5.56 Å². The van der Waals surface area contributed by atoms with Crippen LogP contribution in [-0.4, -0.2) is 18.5 Å². The molecule has 0 unspecified atom stereocenters. The second kappa shape index (κ2) is 8.63. The average Bonchev–Trinajstić information content (AvgIpc) is 2.45. The fourth-order valence-corrected chi connectivity index (χ4v) is 1.28. The third-order valence-corrected chi connectivity index (χ3v) is 2.28. The Morgan fingerprint density at radius 1 is 1.25 bits per heavy atom. The molecule has 0 aromatic heterocycles. The van der Waals surface area contributed by atoms with Gasteiger partial charge in [-0.2, -0.15) is 0 Å². The van der Waals surface area contributed by atoms with E-state index in [9.17, 15) is 14.0 Å². The highest BCUT2D eigenvalue weighted by Gasteiger charge is 2.04. The molecule has 0 spiro atoms. The van der Waals surface area contributed by atoms with Gasteiger partial charge >= 0.3 is 5.97 Å². The molecule has 20 heavy (non-hydrogen) atoms. The predicted molar refractivity (Wildman–Crippen MR) is 73.2 cm³/mol. The van der Waals surface area contributed by atoms with E-state index in [1.807, 2.05) is 6.92 Å². The maximum atomic E-state index is 12.7. The molecule has 0 aliphatic carbocycles. The van der Waals surface area contributed by atoms with Gasteiger partial charge in [-0.25, -0.2) is 9.18 Å². The highest BCUT2D eigenvalue weighted by molar-refractivity contribution is 5.85. The van der Waals surface area contributed by atoms with Gasteiger partial charge in [-0.1, -0.05) is 30.4 Å². The summed E-state index contributed by atoms with van der Waals surface area (Å²) in [5.74, 6) is -1.33. The van der Waals surface area contributed by atoms with Crippen LogP contribution in [0.4, 0.5) is 4.39 Å². The molecule has 0 bridgehead atoms. The summed E-state index contributed by atoms with van der Waals surface area (Å²) in [5, 5.41) is 2.56. The number of carbonyl (C=O) groups is 2. The van der Waals surface area contributed by atoms with Crippen molar-refractivity contribution in [3.8, 4) is 0 Å². The number of esters is 1. The van der Waals surface area contributed by atoms with E-state index in [1.165, 1.54) is 24.3 Å². The van der Waals surface area contributed by atoms with Crippen LogP contribution in [0.25, 0.3) is 0 Å². The number of carbonyl (C=O) groups excluding carboxylic acids is 2. The van der Waals surface area contributed by atoms with E-state index in [1.54, 1.807) is 24.3 Å². The number of nitrogens with one attached hydrogen (secondary N) is 1. The molecule has 1 N–H and O–H groups in total. The molecule has 0 aliphatic heterocycles. The zero-order chi connectivity index (χ0) is 14.8. The normalized spacial score (nSPS) is 10.9. The van der Waals surface area contributed by atoms with Crippen LogP contribution in [-0.2, 0) is 20.9 Å². The Kier molecular flexibility index (Phi) is 6.75. The number of amides is 1.